The molecular weight excluding hydrogens is 695 g/mol. The lowest BCUT2D eigenvalue weighted by Crippen LogP contribution is -2.64. The molecule has 52 heavy (non-hydrogen) atoms. The zero-order chi connectivity index (χ0) is 38.6. The van der Waals surface area contributed by atoms with Gasteiger partial charge in [-0.05, 0) is 44.9 Å². The van der Waals surface area contributed by atoms with Gasteiger partial charge in [0.15, 0.2) is 6.10 Å². The summed E-state index contributed by atoms with van der Waals surface area (Å²) in [6.45, 7) is 3.19. The Morgan fingerprint density at radius 3 is 1.60 bits per heavy atom. The zero-order valence-corrected chi connectivity index (χ0v) is 32.5. The molecule has 0 amide bonds. The van der Waals surface area contributed by atoms with E-state index in [4.69, 9.17) is 18.5 Å². The van der Waals surface area contributed by atoms with Crippen molar-refractivity contribution in [1.29, 1.82) is 0 Å². The summed E-state index contributed by atoms with van der Waals surface area (Å²) >= 11 is 0. The van der Waals surface area contributed by atoms with Gasteiger partial charge >= 0.3 is 19.8 Å². The van der Waals surface area contributed by atoms with Crippen molar-refractivity contribution in [3.63, 3.8) is 0 Å². The largest absolute Gasteiger partial charge is 0.472 e. The van der Waals surface area contributed by atoms with E-state index in [2.05, 4.69) is 38.2 Å². The van der Waals surface area contributed by atoms with Crippen molar-refractivity contribution >= 4 is 19.8 Å². The van der Waals surface area contributed by atoms with Crippen LogP contribution in [0.25, 0.3) is 0 Å². The van der Waals surface area contributed by atoms with Crippen LogP contribution in [0.15, 0.2) is 24.3 Å². The van der Waals surface area contributed by atoms with Gasteiger partial charge in [-0.25, -0.2) is 4.57 Å². The highest BCUT2D eigenvalue weighted by molar-refractivity contribution is 7.47. The highest BCUT2D eigenvalue weighted by Gasteiger charge is 2.51. The number of esters is 2. The van der Waals surface area contributed by atoms with Gasteiger partial charge in [0.05, 0.1) is 6.61 Å². The first-order valence-corrected chi connectivity index (χ1v) is 21.1. The molecular formula is C38H69O13P. The number of aliphatic hydroxyl groups is 5. The number of carbonyl (C=O) groups excluding carboxylic acids is 2. The molecule has 1 aliphatic carbocycles. The molecule has 1 saturated carbocycles. The summed E-state index contributed by atoms with van der Waals surface area (Å²) in [5.41, 5.74) is 0. The second-order valence-corrected chi connectivity index (χ2v) is 15.2. The van der Waals surface area contributed by atoms with Crippen molar-refractivity contribution in [1.82, 2.24) is 0 Å². The minimum Gasteiger partial charge on any atom is -0.462 e. The smallest absolute Gasteiger partial charge is 0.462 e. The molecule has 0 spiro atoms. The number of hydrogen-bond acceptors (Lipinski definition) is 12. The molecule has 304 valence electrons. The summed E-state index contributed by atoms with van der Waals surface area (Å²) in [7, 11) is -5.11. The molecule has 0 bridgehead atoms. The van der Waals surface area contributed by atoms with Crippen LogP contribution in [0, 0.1) is 0 Å². The third-order valence-electron chi connectivity index (χ3n) is 9.05. The quantitative estimate of drug-likeness (QED) is 0.0204. The van der Waals surface area contributed by atoms with Crippen LogP contribution in [-0.4, -0.2) is 98.3 Å². The first-order chi connectivity index (χ1) is 24.9. The van der Waals surface area contributed by atoms with E-state index in [1.807, 2.05) is 0 Å². The molecule has 1 fully saturated rings. The first-order valence-electron chi connectivity index (χ1n) is 19.6. The summed E-state index contributed by atoms with van der Waals surface area (Å²) in [4.78, 5) is 35.4. The van der Waals surface area contributed by atoms with Gasteiger partial charge < -0.3 is 39.9 Å². The molecule has 1 rings (SSSR count). The Balaban J connectivity index is 2.54. The van der Waals surface area contributed by atoms with Crippen LogP contribution in [-0.2, 0) is 32.7 Å². The minimum absolute atomic E-state index is 0.0824. The SMILES string of the molecule is CCCCC/C=C/C/C=C/CCCCCCCC(=O)O[C@H](COC(=O)CCCCCCCCCC)COP(=O)(O)OC1C(O)C(O)C(O)[C@@H](O)C1O. The average Bonchev–Trinajstić information content (AvgIpc) is 3.12. The topological polar surface area (TPSA) is 210 Å². The monoisotopic (exact) mass is 764 g/mol. The molecule has 14 heteroatoms. The fourth-order valence-electron chi connectivity index (χ4n) is 5.79. The Hall–Kier alpha value is -1.67. The summed E-state index contributed by atoms with van der Waals surface area (Å²) in [5.74, 6) is -1.12. The van der Waals surface area contributed by atoms with Gasteiger partial charge in [0.2, 0.25) is 0 Å². The van der Waals surface area contributed by atoms with Crippen molar-refractivity contribution < 1.29 is 63.1 Å². The predicted molar refractivity (Wildman–Crippen MR) is 198 cm³/mol. The number of allylic oxidation sites excluding steroid dienone is 4. The van der Waals surface area contributed by atoms with Crippen molar-refractivity contribution in [3.8, 4) is 0 Å². The van der Waals surface area contributed by atoms with Crippen LogP contribution in [0.3, 0.4) is 0 Å². The second kappa shape index (κ2) is 29.7. The lowest BCUT2D eigenvalue weighted by Gasteiger charge is -2.41. The highest BCUT2D eigenvalue weighted by atomic mass is 31.2. The van der Waals surface area contributed by atoms with Crippen LogP contribution in [0.5, 0.6) is 0 Å². The number of ether oxygens (including phenoxy) is 2. The fraction of sp³-hybridized carbons (Fsp3) is 0.842. The van der Waals surface area contributed by atoms with Gasteiger partial charge in [0.1, 0.15) is 43.2 Å². The van der Waals surface area contributed by atoms with Crippen LogP contribution < -0.4 is 0 Å². The number of phosphoric acid groups is 1. The summed E-state index contributed by atoms with van der Waals surface area (Å²) in [6.07, 6.45) is 15.5. The molecule has 8 atom stereocenters. The number of aliphatic hydroxyl groups excluding tert-OH is 5. The molecule has 0 aromatic carbocycles. The molecule has 6 N–H and O–H groups in total. The van der Waals surface area contributed by atoms with Crippen LogP contribution >= 0.6 is 7.82 Å². The van der Waals surface area contributed by atoms with Gasteiger partial charge in [-0.3, -0.25) is 18.6 Å². The van der Waals surface area contributed by atoms with Crippen LogP contribution in [0.2, 0.25) is 0 Å². The number of rotatable bonds is 31. The van der Waals surface area contributed by atoms with Gasteiger partial charge in [-0.1, -0.05) is 115 Å². The second-order valence-electron chi connectivity index (χ2n) is 13.8. The molecule has 1 aliphatic rings. The third kappa shape index (κ3) is 22.5. The standard InChI is InChI=1S/C38H69O13P/c1-3-5-7-9-11-13-14-15-16-17-18-19-21-23-25-27-32(40)50-30(28-48-31(39)26-24-22-20-12-10-8-6-4-2)29-49-52(46,47)51-38-36(44)34(42)33(41)35(43)37(38)45/h11,13,15-16,30,33-38,41-45H,3-10,12,14,17-29H2,1-2H3,(H,46,47)/b13-11+,16-15+/t30-,33?,34-,35?,36?,37?,38?/m1/s1. The molecule has 0 saturated heterocycles. The summed E-state index contributed by atoms with van der Waals surface area (Å²) in [5, 5.41) is 49.9. The van der Waals surface area contributed by atoms with Crippen LogP contribution in [0.4, 0.5) is 0 Å². The lowest BCUT2D eigenvalue weighted by atomic mass is 9.85. The maximum atomic E-state index is 12.7. The van der Waals surface area contributed by atoms with Gasteiger partial charge in [-0.15, -0.1) is 0 Å². The Labute approximate surface area is 311 Å². The molecule has 0 radical (unpaired) electrons. The van der Waals surface area contributed by atoms with Crippen molar-refractivity contribution in [2.24, 2.45) is 0 Å². The Kier molecular flexibility index (Phi) is 27.6. The molecule has 0 aromatic rings. The number of phosphoric ester groups is 1. The maximum absolute atomic E-state index is 12.7. The number of hydrogen-bond donors (Lipinski definition) is 6. The highest BCUT2D eigenvalue weighted by Crippen LogP contribution is 2.47. The van der Waals surface area contributed by atoms with E-state index in [1.165, 1.54) is 44.9 Å². The van der Waals surface area contributed by atoms with Gasteiger partial charge in [0, 0.05) is 12.8 Å². The van der Waals surface area contributed by atoms with E-state index in [0.29, 0.717) is 12.8 Å². The third-order valence-corrected chi connectivity index (χ3v) is 10.0. The van der Waals surface area contributed by atoms with Crippen molar-refractivity contribution in [3.05, 3.63) is 24.3 Å². The first kappa shape index (κ1) is 48.3. The van der Waals surface area contributed by atoms with E-state index in [1.54, 1.807) is 0 Å². The molecule has 0 aliphatic heterocycles. The predicted octanol–water partition coefficient (Wildman–Crippen LogP) is 6.11. The van der Waals surface area contributed by atoms with Crippen molar-refractivity contribution in [2.45, 2.75) is 191 Å². The van der Waals surface area contributed by atoms with E-state index in [0.717, 1.165) is 64.2 Å². The Bertz CT molecular complexity index is 1020. The molecule has 0 heterocycles. The van der Waals surface area contributed by atoms with E-state index in [-0.39, 0.29) is 12.8 Å². The summed E-state index contributed by atoms with van der Waals surface area (Å²) < 4.78 is 33.3. The Morgan fingerprint density at radius 2 is 1.04 bits per heavy atom. The normalized spacial score (nSPS) is 23.9. The number of carbonyl (C=O) groups is 2. The molecule has 6 unspecified atom stereocenters. The minimum atomic E-state index is -5.11. The van der Waals surface area contributed by atoms with Gasteiger partial charge in [-0.2, -0.15) is 0 Å². The molecule has 0 aromatic heterocycles. The number of unbranched alkanes of at least 4 members (excludes halogenated alkanes) is 15. The summed E-state index contributed by atoms with van der Waals surface area (Å²) in [6, 6.07) is 0. The van der Waals surface area contributed by atoms with Gasteiger partial charge in [0.25, 0.3) is 0 Å². The lowest BCUT2D eigenvalue weighted by molar-refractivity contribution is -0.220. The zero-order valence-electron chi connectivity index (χ0n) is 31.6. The molecule has 13 nitrogen and oxygen atoms in total. The van der Waals surface area contributed by atoms with E-state index >= 15 is 0 Å². The van der Waals surface area contributed by atoms with Crippen molar-refractivity contribution in [2.75, 3.05) is 13.2 Å². The Morgan fingerprint density at radius 1 is 0.596 bits per heavy atom. The average molecular weight is 765 g/mol. The fourth-order valence-corrected chi connectivity index (χ4v) is 6.76. The van der Waals surface area contributed by atoms with E-state index in [9.17, 15) is 44.6 Å². The van der Waals surface area contributed by atoms with Crippen LogP contribution in [0.1, 0.15) is 149 Å². The van der Waals surface area contributed by atoms with E-state index < -0.39 is 75.7 Å². The maximum Gasteiger partial charge on any atom is 0.472 e.